The predicted molar refractivity (Wildman–Crippen MR) is 118 cm³/mol. The second-order valence-corrected chi connectivity index (χ2v) is 8.54. The van der Waals surface area contributed by atoms with Gasteiger partial charge in [0.2, 0.25) is 5.88 Å². The number of aromatic nitrogens is 3. The Labute approximate surface area is 180 Å². The van der Waals surface area contributed by atoms with Crippen LogP contribution in [-0.2, 0) is 11.8 Å². The molecule has 2 aromatic heterocycles. The van der Waals surface area contributed by atoms with Crippen molar-refractivity contribution in [2.45, 2.75) is 13.8 Å². The van der Waals surface area contributed by atoms with Gasteiger partial charge in [-0.3, -0.25) is 19.3 Å². The maximum atomic E-state index is 13.6. The Morgan fingerprint density at radius 1 is 1.30 bits per heavy atom. The van der Waals surface area contributed by atoms with E-state index >= 15 is 0 Å². The second kappa shape index (κ2) is 8.71. The van der Waals surface area contributed by atoms with Gasteiger partial charge in [-0.05, 0) is 31.0 Å². The average Bonchev–Trinajstić information content (AvgIpc) is 3.32. The Bertz CT molecular complexity index is 1050. The van der Waals surface area contributed by atoms with Gasteiger partial charge >= 0.3 is 0 Å². The molecule has 1 aliphatic rings. The van der Waals surface area contributed by atoms with Crippen LogP contribution in [0.4, 0.5) is 5.13 Å². The molecule has 3 aromatic rings. The van der Waals surface area contributed by atoms with E-state index in [1.807, 2.05) is 0 Å². The molecular formula is C21H27N5O3S. The van der Waals surface area contributed by atoms with E-state index in [4.69, 9.17) is 14.5 Å². The third kappa shape index (κ3) is 4.19. The van der Waals surface area contributed by atoms with Crippen molar-refractivity contribution in [1.82, 2.24) is 19.7 Å². The van der Waals surface area contributed by atoms with Crippen LogP contribution < -0.4 is 9.64 Å². The normalized spacial score (nSPS) is 14.9. The van der Waals surface area contributed by atoms with E-state index in [-0.39, 0.29) is 5.91 Å². The van der Waals surface area contributed by atoms with Crippen molar-refractivity contribution in [3.63, 3.8) is 0 Å². The number of carbonyl (C=O) groups is 1. The molecule has 1 amide bonds. The van der Waals surface area contributed by atoms with Crippen molar-refractivity contribution in [2.75, 3.05) is 51.4 Å². The number of aryl methyl sites for hydroxylation is 3. The van der Waals surface area contributed by atoms with Crippen LogP contribution in [0.25, 0.3) is 10.2 Å². The standard InChI is InChI=1S/C21H27N5O3S/c1-14-11-15(2)18-17(12-14)22-21(30-18)26(6-5-25-7-9-29-10-8-25)20(27)16-13-24(3)23-19(16)28-4/h11-13H,5-10H2,1-4H3. The lowest BCUT2D eigenvalue weighted by molar-refractivity contribution is 0.0391. The molecule has 3 heterocycles. The molecule has 8 nitrogen and oxygen atoms in total. The summed E-state index contributed by atoms with van der Waals surface area (Å²) in [6, 6.07) is 4.21. The van der Waals surface area contributed by atoms with Crippen molar-refractivity contribution in [1.29, 1.82) is 0 Å². The van der Waals surface area contributed by atoms with Gasteiger partial charge in [0, 0.05) is 39.4 Å². The zero-order valence-corrected chi connectivity index (χ0v) is 18.7. The summed E-state index contributed by atoms with van der Waals surface area (Å²) < 4.78 is 13.5. The number of hydrogen-bond donors (Lipinski definition) is 0. The zero-order valence-electron chi connectivity index (χ0n) is 17.8. The molecule has 0 atom stereocenters. The maximum absolute atomic E-state index is 13.6. The number of thiazole rings is 1. The molecule has 1 aliphatic heterocycles. The molecule has 0 N–H and O–H groups in total. The Kier molecular flexibility index (Phi) is 6.03. The Hall–Kier alpha value is -2.49. The van der Waals surface area contributed by atoms with Crippen molar-refractivity contribution in [3.8, 4) is 5.88 Å². The van der Waals surface area contributed by atoms with Crippen LogP contribution in [0, 0.1) is 13.8 Å². The largest absolute Gasteiger partial charge is 0.479 e. The lowest BCUT2D eigenvalue weighted by Gasteiger charge is -2.29. The smallest absolute Gasteiger partial charge is 0.267 e. The monoisotopic (exact) mass is 429 g/mol. The molecule has 0 spiro atoms. The fraction of sp³-hybridized carbons (Fsp3) is 0.476. The number of ether oxygens (including phenoxy) is 2. The maximum Gasteiger partial charge on any atom is 0.267 e. The molecule has 1 fully saturated rings. The summed E-state index contributed by atoms with van der Waals surface area (Å²) in [5, 5.41) is 4.94. The van der Waals surface area contributed by atoms with E-state index < -0.39 is 0 Å². The summed E-state index contributed by atoms with van der Waals surface area (Å²) in [5.74, 6) is 0.175. The molecule has 0 bridgehead atoms. The highest BCUT2D eigenvalue weighted by Crippen LogP contribution is 2.33. The SMILES string of the molecule is COc1nn(C)cc1C(=O)N(CCN1CCOCC1)c1nc2cc(C)cc(C)c2s1. The van der Waals surface area contributed by atoms with E-state index in [1.54, 1.807) is 34.2 Å². The molecule has 9 heteroatoms. The first-order valence-electron chi connectivity index (χ1n) is 10.0. The topological polar surface area (TPSA) is 72.7 Å². The van der Waals surface area contributed by atoms with Crippen LogP contribution in [0.15, 0.2) is 18.3 Å². The summed E-state index contributed by atoms with van der Waals surface area (Å²) >= 11 is 1.55. The first-order valence-corrected chi connectivity index (χ1v) is 10.9. The van der Waals surface area contributed by atoms with E-state index in [0.29, 0.717) is 23.1 Å². The highest BCUT2D eigenvalue weighted by molar-refractivity contribution is 7.22. The predicted octanol–water partition coefficient (Wildman–Crippen LogP) is 2.63. The number of carbonyl (C=O) groups excluding carboxylic acids is 1. The first-order chi connectivity index (χ1) is 14.5. The van der Waals surface area contributed by atoms with Crippen molar-refractivity contribution < 1.29 is 14.3 Å². The van der Waals surface area contributed by atoms with Gasteiger partial charge in [0.1, 0.15) is 5.56 Å². The average molecular weight is 430 g/mol. The summed E-state index contributed by atoms with van der Waals surface area (Å²) in [6.45, 7) is 8.63. The fourth-order valence-electron chi connectivity index (χ4n) is 3.74. The molecule has 0 aliphatic carbocycles. The first kappa shape index (κ1) is 20.8. The number of fused-ring (bicyclic) bond motifs is 1. The molecule has 0 unspecified atom stereocenters. The lowest BCUT2D eigenvalue weighted by atomic mass is 10.1. The van der Waals surface area contributed by atoms with Crippen LogP contribution in [0.3, 0.4) is 0 Å². The number of anilines is 1. The van der Waals surface area contributed by atoms with E-state index in [2.05, 4.69) is 36.0 Å². The van der Waals surface area contributed by atoms with Gasteiger partial charge in [0.25, 0.3) is 5.91 Å². The molecule has 1 aromatic carbocycles. The lowest BCUT2D eigenvalue weighted by Crippen LogP contribution is -2.43. The van der Waals surface area contributed by atoms with Gasteiger partial charge in [-0.2, -0.15) is 0 Å². The van der Waals surface area contributed by atoms with Gasteiger partial charge in [-0.1, -0.05) is 17.4 Å². The summed E-state index contributed by atoms with van der Waals surface area (Å²) in [4.78, 5) is 22.4. The van der Waals surface area contributed by atoms with Gasteiger partial charge in [0.15, 0.2) is 5.13 Å². The third-order valence-corrected chi connectivity index (χ3v) is 6.48. The van der Waals surface area contributed by atoms with Gasteiger partial charge in [-0.25, -0.2) is 4.98 Å². The van der Waals surface area contributed by atoms with Crippen LogP contribution in [-0.4, -0.2) is 72.1 Å². The van der Waals surface area contributed by atoms with Gasteiger partial charge in [-0.15, -0.1) is 5.10 Å². The minimum absolute atomic E-state index is 0.151. The van der Waals surface area contributed by atoms with Crippen LogP contribution in [0.5, 0.6) is 5.88 Å². The minimum Gasteiger partial charge on any atom is -0.479 e. The van der Waals surface area contributed by atoms with Gasteiger partial charge in [0.05, 0.1) is 30.5 Å². The minimum atomic E-state index is -0.151. The molecule has 0 radical (unpaired) electrons. The highest BCUT2D eigenvalue weighted by Gasteiger charge is 2.27. The molecule has 160 valence electrons. The Morgan fingerprint density at radius 3 is 2.80 bits per heavy atom. The van der Waals surface area contributed by atoms with Crippen LogP contribution in [0.1, 0.15) is 21.5 Å². The van der Waals surface area contributed by atoms with Crippen molar-refractivity contribution in [2.24, 2.45) is 7.05 Å². The number of nitrogens with zero attached hydrogens (tertiary/aromatic N) is 5. The number of benzene rings is 1. The Morgan fingerprint density at radius 2 is 2.07 bits per heavy atom. The van der Waals surface area contributed by atoms with Crippen molar-refractivity contribution >= 4 is 32.6 Å². The van der Waals surface area contributed by atoms with E-state index in [0.717, 1.165) is 48.6 Å². The van der Waals surface area contributed by atoms with Crippen LogP contribution >= 0.6 is 11.3 Å². The van der Waals surface area contributed by atoms with Crippen molar-refractivity contribution in [3.05, 3.63) is 35.0 Å². The van der Waals surface area contributed by atoms with E-state index in [9.17, 15) is 4.79 Å². The Balaban J connectivity index is 1.69. The molecule has 0 saturated carbocycles. The molecule has 4 rings (SSSR count). The zero-order chi connectivity index (χ0) is 21.3. The quantitative estimate of drug-likeness (QED) is 0.600. The number of morpholine rings is 1. The second-order valence-electron chi connectivity index (χ2n) is 7.56. The van der Waals surface area contributed by atoms with E-state index in [1.165, 1.54) is 12.7 Å². The third-order valence-electron chi connectivity index (χ3n) is 5.25. The molecule has 30 heavy (non-hydrogen) atoms. The number of hydrogen-bond acceptors (Lipinski definition) is 7. The fourth-order valence-corrected chi connectivity index (χ4v) is 4.78. The summed E-state index contributed by atoms with van der Waals surface area (Å²) in [5.41, 5.74) is 3.70. The summed E-state index contributed by atoms with van der Waals surface area (Å²) in [7, 11) is 3.31. The highest BCUT2D eigenvalue weighted by atomic mass is 32.1. The van der Waals surface area contributed by atoms with Crippen LogP contribution in [0.2, 0.25) is 0 Å². The number of amides is 1. The number of methoxy groups -OCH3 is 1. The van der Waals surface area contributed by atoms with Gasteiger partial charge < -0.3 is 9.47 Å². The molecule has 1 saturated heterocycles. The molecular weight excluding hydrogens is 402 g/mol. The summed E-state index contributed by atoms with van der Waals surface area (Å²) in [6.07, 6.45) is 1.70. The number of rotatable bonds is 6.